The highest BCUT2D eigenvalue weighted by Gasteiger charge is 2.12. The van der Waals surface area contributed by atoms with Gasteiger partial charge in [0.2, 0.25) is 5.91 Å². The van der Waals surface area contributed by atoms with Gasteiger partial charge in [0.15, 0.2) is 0 Å². The monoisotopic (exact) mass is 298 g/mol. The van der Waals surface area contributed by atoms with Crippen LogP contribution in [0.1, 0.15) is 6.92 Å². The van der Waals surface area contributed by atoms with Crippen LogP contribution in [0.15, 0.2) is 18.2 Å². The van der Waals surface area contributed by atoms with Crippen LogP contribution < -0.4 is 20.9 Å². The summed E-state index contributed by atoms with van der Waals surface area (Å²) in [5.74, 6) is -0.235. The molecule has 0 heterocycles. The fraction of sp³-hybridized carbons (Fsp3) is 0.385. The van der Waals surface area contributed by atoms with Crippen LogP contribution in [0.4, 0.5) is 16.2 Å². The summed E-state index contributed by atoms with van der Waals surface area (Å²) in [4.78, 5) is 24.8. The molecule has 0 unspecified atom stereocenters. The molecule has 20 heavy (non-hydrogen) atoms. The highest BCUT2D eigenvalue weighted by molar-refractivity contribution is 6.34. The number of carbonyl (C=O) groups excluding carboxylic acids is 2. The van der Waals surface area contributed by atoms with Gasteiger partial charge in [-0.05, 0) is 19.1 Å². The molecule has 0 aliphatic carbocycles. The SMILES string of the molecule is CCNC(=O)CNC(=O)Nc1cccc(Cl)c1N(C)C. The summed E-state index contributed by atoms with van der Waals surface area (Å²) in [6.07, 6.45) is 0. The molecule has 0 fully saturated rings. The van der Waals surface area contributed by atoms with Gasteiger partial charge in [0, 0.05) is 20.6 Å². The first-order valence-electron chi connectivity index (χ1n) is 6.23. The molecule has 1 aromatic carbocycles. The van der Waals surface area contributed by atoms with E-state index in [1.54, 1.807) is 18.2 Å². The lowest BCUT2D eigenvalue weighted by Crippen LogP contribution is -2.39. The summed E-state index contributed by atoms with van der Waals surface area (Å²) in [6, 6.07) is 4.78. The van der Waals surface area contributed by atoms with Crippen LogP contribution in [0.5, 0.6) is 0 Å². The number of amides is 3. The van der Waals surface area contributed by atoms with Gasteiger partial charge in [0.1, 0.15) is 0 Å². The maximum atomic E-state index is 11.7. The molecule has 0 atom stereocenters. The van der Waals surface area contributed by atoms with Gasteiger partial charge in [0.05, 0.1) is 22.9 Å². The van der Waals surface area contributed by atoms with Gasteiger partial charge < -0.3 is 20.9 Å². The number of likely N-dealkylation sites (N-methyl/N-ethyl adjacent to an activating group) is 1. The zero-order valence-corrected chi connectivity index (χ0v) is 12.5. The molecule has 0 aliphatic heterocycles. The number of rotatable bonds is 5. The van der Waals surface area contributed by atoms with Crippen molar-refractivity contribution in [3.8, 4) is 0 Å². The smallest absolute Gasteiger partial charge is 0.319 e. The summed E-state index contributed by atoms with van der Waals surface area (Å²) in [6.45, 7) is 2.27. The van der Waals surface area contributed by atoms with Gasteiger partial charge in [-0.15, -0.1) is 0 Å². The van der Waals surface area contributed by atoms with Crippen molar-refractivity contribution in [3.05, 3.63) is 23.2 Å². The minimum Gasteiger partial charge on any atom is -0.375 e. The van der Waals surface area contributed by atoms with Crippen molar-refractivity contribution in [3.63, 3.8) is 0 Å². The normalized spacial score (nSPS) is 9.80. The Morgan fingerprint density at radius 3 is 2.55 bits per heavy atom. The first kappa shape index (κ1) is 16.1. The number of nitrogens with one attached hydrogen (secondary N) is 3. The molecule has 0 spiro atoms. The average Bonchev–Trinajstić information content (AvgIpc) is 2.36. The van der Waals surface area contributed by atoms with Crippen LogP contribution in [0.2, 0.25) is 5.02 Å². The van der Waals surface area contributed by atoms with Crippen LogP contribution in [-0.4, -0.2) is 39.1 Å². The standard InChI is InChI=1S/C13H19ClN4O2/c1-4-15-11(19)8-16-13(20)17-10-7-5-6-9(14)12(10)18(2)3/h5-7H,4,8H2,1-3H3,(H,15,19)(H2,16,17,20). The highest BCUT2D eigenvalue weighted by atomic mass is 35.5. The van der Waals surface area contributed by atoms with Gasteiger partial charge >= 0.3 is 6.03 Å². The lowest BCUT2D eigenvalue weighted by atomic mass is 10.2. The molecule has 0 saturated carbocycles. The fourth-order valence-electron chi connectivity index (χ4n) is 1.66. The molecule has 0 bridgehead atoms. The molecular formula is C13H19ClN4O2. The molecule has 0 aromatic heterocycles. The largest absolute Gasteiger partial charge is 0.375 e. The first-order valence-corrected chi connectivity index (χ1v) is 6.61. The Hall–Kier alpha value is -1.95. The third-order valence-electron chi connectivity index (χ3n) is 2.47. The van der Waals surface area contributed by atoms with Gasteiger partial charge in [-0.1, -0.05) is 17.7 Å². The number of halogens is 1. The number of hydrogen-bond acceptors (Lipinski definition) is 3. The molecular weight excluding hydrogens is 280 g/mol. The van der Waals surface area contributed by atoms with Crippen molar-refractivity contribution in [1.29, 1.82) is 0 Å². The van der Waals surface area contributed by atoms with Crippen LogP contribution in [0, 0.1) is 0 Å². The second kappa shape index (κ2) is 7.59. The summed E-state index contributed by atoms with van der Waals surface area (Å²) >= 11 is 6.10. The predicted molar refractivity (Wildman–Crippen MR) is 81.5 cm³/mol. The molecule has 110 valence electrons. The van der Waals surface area contributed by atoms with E-state index >= 15 is 0 Å². The maximum absolute atomic E-state index is 11.7. The van der Waals surface area contributed by atoms with Crippen molar-refractivity contribution in [2.75, 3.05) is 37.4 Å². The number of hydrogen-bond donors (Lipinski definition) is 3. The molecule has 7 heteroatoms. The van der Waals surface area contributed by atoms with E-state index in [4.69, 9.17) is 11.6 Å². The quantitative estimate of drug-likeness (QED) is 0.774. The number of carbonyl (C=O) groups is 2. The second-order valence-electron chi connectivity index (χ2n) is 4.29. The zero-order chi connectivity index (χ0) is 15.1. The van der Waals surface area contributed by atoms with Crippen molar-refractivity contribution < 1.29 is 9.59 Å². The van der Waals surface area contributed by atoms with Gasteiger partial charge in [-0.2, -0.15) is 0 Å². The van der Waals surface area contributed by atoms with E-state index < -0.39 is 6.03 Å². The molecule has 3 amide bonds. The first-order chi connectivity index (χ1) is 9.45. The van der Waals surface area contributed by atoms with Crippen molar-refractivity contribution in [1.82, 2.24) is 10.6 Å². The Labute approximate surface area is 123 Å². The fourth-order valence-corrected chi connectivity index (χ4v) is 2.00. The number of benzene rings is 1. The Balaban J connectivity index is 2.67. The molecule has 1 rings (SSSR count). The van der Waals surface area contributed by atoms with Crippen LogP contribution in [-0.2, 0) is 4.79 Å². The Bertz CT molecular complexity index is 491. The van der Waals surface area contributed by atoms with Crippen LogP contribution in [0.25, 0.3) is 0 Å². The number of urea groups is 1. The van der Waals surface area contributed by atoms with E-state index in [1.165, 1.54) is 0 Å². The van der Waals surface area contributed by atoms with Gasteiger partial charge in [0.25, 0.3) is 0 Å². The predicted octanol–water partition coefficient (Wildman–Crippen LogP) is 1.66. The number of nitrogens with zero attached hydrogens (tertiary/aromatic N) is 1. The van der Waals surface area contributed by atoms with E-state index in [0.717, 1.165) is 0 Å². The third kappa shape index (κ3) is 4.62. The van der Waals surface area contributed by atoms with Gasteiger partial charge in [-0.25, -0.2) is 4.79 Å². The lowest BCUT2D eigenvalue weighted by molar-refractivity contribution is -0.119. The number of para-hydroxylation sites is 1. The Morgan fingerprint density at radius 1 is 1.25 bits per heavy atom. The van der Waals surface area contributed by atoms with Crippen LogP contribution in [0.3, 0.4) is 0 Å². The molecule has 3 N–H and O–H groups in total. The lowest BCUT2D eigenvalue weighted by Gasteiger charge is -2.19. The van der Waals surface area contributed by atoms with E-state index in [-0.39, 0.29) is 12.5 Å². The topological polar surface area (TPSA) is 73.5 Å². The minimum absolute atomic E-state index is 0.0719. The molecule has 0 aliphatic rings. The summed E-state index contributed by atoms with van der Waals surface area (Å²) < 4.78 is 0. The summed E-state index contributed by atoms with van der Waals surface area (Å²) in [5.41, 5.74) is 1.29. The molecule has 0 radical (unpaired) electrons. The van der Waals surface area contributed by atoms with Crippen LogP contribution >= 0.6 is 11.6 Å². The Kier molecular flexibility index (Phi) is 6.11. The van der Waals surface area contributed by atoms with Crippen molar-refractivity contribution in [2.24, 2.45) is 0 Å². The zero-order valence-electron chi connectivity index (χ0n) is 11.8. The van der Waals surface area contributed by atoms with Crippen molar-refractivity contribution >= 4 is 34.9 Å². The highest BCUT2D eigenvalue weighted by Crippen LogP contribution is 2.32. The minimum atomic E-state index is -0.457. The number of anilines is 2. The van der Waals surface area contributed by atoms with Crippen molar-refractivity contribution in [2.45, 2.75) is 6.92 Å². The summed E-state index contributed by atoms with van der Waals surface area (Å²) in [5, 5.41) is 8.28. The van der Waals surface area contributed by atoms with E-state index in [2.05, 4.69) is 16.0 Å². The van der Waals surface area contributed by atoms with E-state index in [0.29, 0.717) is 22.9 Å². The maximum Gasteiger partial charge on any atom is 0.319 e. The van der Waals surface area contributed by atoms with E-state index in [1.807, 2.05) is 25.9 Å². The molecule has 1 aromatic rings. The average molecular weight is 299 g/mol. The molecule has 0 saturated heterocycles. The Morgan fingerprint density at radius 2 is 1.95 bits per heavy atom. The second-order valence-corrected chi connectivity index (χ2v) is 4.70. The van der Waals surface area contributed by atoms with E-state index in [9.17, 15) is 9.59 Å². The van der Waals surface area contributed by atoms with Gasteiger partial charge in [-0.3, -0.25) is 4.79 Å². The molecule has 6 nitrogen and oxygen atoms in total. The third-order valence-corrected chi connectivity index (χ3v) is 2.77. The summed E-state index contributed by atoms with van der Waals surface area (Å²) in [7, 11) is 3.66.